The smallest absolute Gasteiger partial charge is 0.119 e. The first kappa shape index (κ1) is 26.0. The Morgan fingerprint density at radius 3 is 2.32 bits per heavy atom. The van der Waals surface area contributed by atoms with Gasteiger partial charge < -0.3 is 20.3 Å². The highest BCUT2D eigenvalue weighted by Crippen LogP contribution is 2.39. The molecule has 1 heterocycles. The molecule has 5 nitrogen and oxygen atoms in total. The molecule has 0 aliphatic carbocycles. The predicted molar refractivity (Wildman–Crippen MR) is 151 cm³/mol. The summed E-state index contributed by atoms with van der Waals surface area (Å²) in [7, 11) is 0. The molecule has 4 aromatic rings. The average Bonchev–Trinajstić information content (AvgIpc) is 2.95. The Kier molecular flexibility index (Phi) is 8.41. The lowest BCUT2D eigenvalue weighted by Gasteiger charge is -2.26. The third-order valence-corrected chi connectivity index (χ3v) is 7.29. The van der Waals surface area contributed by atoms with Gasteiger partial charge in [-0.05, 0) is 95.4 Å². The molecule has 1 aliphatic heterocycles. The summed E-state index contributed by atoms with van der Waals surface area (Å²) in [5.74, 6) is 1.21. The highest BCUT2D eigenvalue weighted by molar-refractivity contribution is 5.93. The first-order chi connectivity index (χ1) is 18.6. The zero-order valence-corrected chi connectivity index (χ0v) is 21.6. The maximum absolute atomic E-state index is 13.4. The van der Waals surface area contributed by atoms with Crippen molar-refractivity contribution < 1.29 is 19.3 Å². The lowest BCUT2D eigenvalue weighted by molar-refractivity contribution is 0.183. The minimum Gasteiger partial charge on any atom is -0.508 e. The molecule has 0 amide bonds. The molecular formula is C32H35FN2O3. The van der Waals surface area contributed by atoms with E-state index in [1.165, 1.54) is 19.3 Å². The van der Waals surface area contributed by atoms with Gasteiger partial charge in [-0.25, -0.2) is 4.39 Å². The quantitative estimate of drug-likeness (QED) is 0.228. The van der Waals surface area contributed by atoms with Crippen LogP contribution in [0.3, 0.4) is 0 Å². The van der Waals surface area contributed by atoms with Crippen LogP contribution in [0.1, 0.15) is 36.4 Å². The molecular weight excluding hydrogens is 479 g/mol. The lowest BCUT2D eigenvalue weighted by atomic mass is 9.86. The molecule has 38 heavy (non-hydrogen) atoms. The van der Waals surface area contributed by atoms with Crippen molar-refractivity contribution in [2.45, 2.75) is 25.3 Å². The van der Waals surface area contributed by atoms with E-state index in [1.54, 1.807) is 24.3 Å². The van der Waals surface area contributed by atoms with Crippen molar-refractivity contribution in [1.29, 1.82) is 0 Å². The SMILES string of the molecule is Oc1ccc(-c2ccc3cc(O)ccc3c2C(NCCF)c2ccc(OCCN3CCCCC3)cc2)cc1. The van der Waals surface area contributed by atoms with E-state index in [2.05, 4.69) is 10.2 Å². The van der Waals surface area contributed by atoms with Crippen molar-refractivity contribution in [2.24, 2.45) is 0 Å². The number of phenolic OH excluding ortho intramolecular Hbond substituents is 2. The van der Waals surface area contributed by atoms with Crippen LogP contribution in [0.25, 0.3) is 21.9 Å². The van der Waals surface area contributed by atoms with Gasteiger partial charge in [-0.15, -0.1) is 0 Å². The van der Waals surface area contributed by atoms with Crippen LogP contribution in [0, 0.1) is 0 Å². The molecule has 1 fully saturated rings. The molecule has 198 valence electrons. The summed E-state index contributed by atoms with van der Waals surface area (Å²) < 4.78 is 19.5. The van der Waals surface area contributed by atoms with E-state index in [-0.39, 0.29) is 24.1 Å². The Morgan fingerprint density at radius 2 is 1.58 bits per heavy atom. The second kappa shape index (κ2) is 12.3. The number of nitrogens with one attached hydrogen (secondary N) is 1. The van der Waals surface area contributed by atoms with Crippen LogP contribution in [-0.4, -0.2) is 54.6 Å². The van der Waals surface area contributed by atoms with Crippen LogP contribution >= 0.6 is 0 Å². The molecule has 6 heteroatoms. The number of phenols is 2. The maximum atomic E-state index is 13.4. The summed E-state index contributed by atoms with van der Waals surface area (Å²) in [6.07, 6.45) is 3.85. The monoisotopic (exact) mass is 514 g/mol. The van der Waals surface area contributed by atoms with Crippen molar-refractivity contribution in [1.82, 2.24) is 10.2 Å². The van der Waals surface area contributed by atoms with Crippen molar-refractivity contribution in [3.8, 4) is 28.4 Å². The molecule has 1 saturated heterocycles. The number of likely N-dealkylation sites (tertiary alicyclic amines) is 1. The number of nitrogens with zero attached hydrogens (tertiary/aromatic N) is 1. The largest absolute Gasteiger partial charge is 0.508 e. The number of halogens is 1. The molecule has 1 aliphatic rings. The van der Waals surface area contributed by atoms with Crippen molar-refractivity contribution in [2.75, 3.05) is 39.5 Å². The van der Waals surface area contributed by atoms with Gasteiger partial charge in [-0.3, -0.25) is 4.90 Å². The van der Waals surface area contributed by atoms with Gasteiger partial charge in [-0.2, -0.15) is 0 Å². The van der Waals surface area contributed by atoms with Crippen LogP contribution in [0.4, 0.5) is 4.39 Å². The summed E-state index contributed by atoms with van der Waals surface area (Å²) in [6.45, 7) is 3.59. The van der Waals surface area contributed by atoms with Crippen LogP contribution in [-0.2, 0) is 0 Å². The Hall–Kier alpha value is -3.61. The number of ether oxygens (including phenoxy) is 1. The van der Waals surface area contributed by atoms with Crippen LogP contribution in [0.5, 0.6) is 17.2 Å². The van der Waals surface area contributed by atoms with Gasteiger partial charge in [0.05, 0.1) is 6.04 Å². The van der Waals surface area contributed by atoms with Crippen LogP contribution in [0.15, 0.2) is 78.9 Å². The van der Waals surface area contributed by atoms with Crippen molar-refractivity contribution in [3.63, 3.8) is 0 Å². The molecule has 4 aromatic carbocycles. The third-order valence-electron chi connectivity index (χ3n) is 7.29. The number of fused-ring (bicyclic) bond motifs is 1. The van der Waals surface area contributed by atoms with E-state index in [9.17, 15) is 14.6 Å². The zero-order chi connectivity index (χ0) is 26.3. The highest BCUT2D eigenvalue weighted by atomic mass is 19.1. The molecule has 0 aromatic heterocycles. The van der Waals surface area contributed by atoms with Gasteiger partial charge in [0.1, 0.15) is 30.5 Å². The summed E-state index contributed by atoms with van der Waals surface area (Å²) in [6, 6.07) is 24.1. The van der Waals surface area contributed by atoms with E-state index in [0.29, 0.717) is 6.61 Å². The van der Waals surface area contributed by atoms with Crippen molar-refractivity contribution >= 4 is 10.8 Å². The zero-order valence-electron chi connectivity index (χ0n) is 21.6. The molecule has 0 bridgehead atoms. The fraction of sp³-hybridized carbons (Fsp3) is 0.312. The fourth-order valence-electron chi connectivity index (χ4n) is 5.36. The van der Waals surface area contributed by atoms with Gasteiger partial charge >= 0.3 is 0 Å². The summed E-state index contributed by atoms with van der Waals surface area (Å²) in [4.78, 5) is 2.46. The predicted octanol–water partition coefficient (Wildman–Crippen LogP) is 6.43. The number of rotatable bonds is 10. The van der Waals surface area contributed by atoms with Gasteiger partial charge in [0, 0.05) is 13.1 Å². The van der Waals surface area contributed by atoms with Gasteiger partial charge in [0.15, 0.2) is 0 Å². The molecule has 0 saturated carbocycles. The fourth-order valence-corrected chi connectivity index (χ4v) is 5.36. The topological polar surface area (TPSA) is 65.0 Å². The maximum Gasteiger partial charge on any atom is 0.119 e. The number of piperidine rings is 1. The molecule has 0 radical (unpaired) electrons. The molecule has 1 unspecified atom stereocenters. The number of hydrogen-bond donors (Lipinski definition) is 3. The molecule has 5 rings (SSSR count). The lowest BCUT2D eigenvalue weighted by Crippen LogP contribution is -2.33. The average molecular weight is 515 g/mol. The number of hydrogen-bond acceptors (Lipinski definition) is 5. The minimum atomic E-state index is -0.492. The third kappa shape index (κ3) is 6.09. The van der Waals surface area contributed by atoms with E-state index < -0.39 is 6.67 Å². The van der Waals surface area contributed by atoms with Gasteiger partial charge in [0.2, 0.25) is 0 Å². The van der Waals surface area contributed by atoms with E-state index in [4.69, 9.17) is 4.74 Å². The summed E-state index contributed by atoms with van der Waals surface area (Å²) in [5, 5.41) is 25.2. The number of aromatic hydroxyl groups is 2. The van der Waals surface area contributed by atoms with Crippen LogP contribution in [0.2, 0.25) is 0 Å². The molecule has 0 spiro atoms. The Balaban J connectivity index is 1.48. The van der Waals surface area contributed by atoms with Gasteiger partial charge in [-0.1, -0.05) is 48.9 Å². The van der Waals surface area contributed by atoms with Crippen molar-refractivity contribution in [3.05, 3.63) is 90.0 Å². The summed E-state index contributed by atoms with van der Waals surface area (Å²) in [5.41, 5.74) is 3.89. The van der Waals surface area contributed by atoms with Gasteiger partial charge in [0.25, 0.3) is 0 Å². The Bertz CT molecular complexity index is 1340. The number of alkyl halides is 1. The first-order valence-electron chi connectivity index (χ1n) is 13.4. The van der Waals surface area contributed by atoms with Crippen LogP contribution < -0.4 is 10.1 Å². The first-order valence-corrected chi connectivity index (χ1v) is 13.4. The van der Waals surface area contributed by atoms with E-state index in [0.717, 1.165) is 58.4 Å². The van der Waals surface area contributed by atoms with E-state index in [1.807, 2.05) is 54.6 Å². The Morgan fingerprint density at radius 1 is 0.842 bits per heavy atom. The highest BCUT2D eigenvalue weighted by Gasteiger charge is 2.21. The normalized spacial score (nSPS) is 15.0. The second-order valence-corrected chi connectivity index (χ2v) is 9.88. The number of benzene rings is 4. The minimum absolute atomic E-state index is 0.195. The molecule has 1 atom stereocenters. The molecule has 3 N–H and O–H groups in total. The second-order valence-electron chi connectivity index (χ2n) is 9.88. The Labute approximate surface area is 223 Å². The van der Waals surface area contributed by atoms with E-state index >= 15 is 0 Å². The standard InChI is InChI=1S/C32H35FN2O3/c33-16-17-34-32(24-6-12-28(13-7-24)38-21-20-35-18-2-1-3-19-35)31-29(23-4-9-26(36)10-5-23)14-8-25-22-27(37)11-15-30(25)31/h4-15,22,32,34,36-37H,1-3,16-21H2. The summed E-state index contributed by atoms with van der Waals surface area (Å²) >= 11 is 0.